The number of hydrogen-bond acceptors (Lipinski definition) is 6. The Hall–Kier alpha value is -3.35. The molecule has 0 amide bonds. The van der Waals surface area contributed by atoms with E-state index in [0.29, 0.717) is 17.1 Å². The van der Waals surface area contributed by atoms with Gasteiger partial charge in [-0.2, -0.15) is 0 Å². The van der Waals surface area contributed by atoms with Crippen molar-refractivity contribution in [1.29, 1.82) is 0 Å². The van der Waals surface area contributed by atoms with Gasteiger partial charge < -0.3 is 14.2 Å². The highest BCUT2D eigenvalue weighted by Gasteiger charge is 2.06. The van der Waals surface area contributed by atoms with Crippen molar-refractivity contribution in [2.75, 3.05) is 14.2 Å². The van der Waals surface area contributed by atoms with E-state index < -0.39 is 10.9 Å². The largest absolute Gasteiger partial charge is 0.493 e. The Labute approximate surface area is 144 Å². The number of carbonyl (C=O) groups is 1. The van der Waals surface area contributed by atoms with Crippen LogP contribution in [0, 0.1) is 10.1 Å². The molecule has 0 fully saturated rings. The van der Waals surface area contributed by atoms with Gasteiger partial charge in [-0.05, 0) is 41.5 Å². The summed E-state index contributed by atoms with van der Waals surface area (Å²) in [6.07, 6.45) is 2.90. The van der Waals surface area contributed by atoms with Crippen LogP contribution in [-0.2, 0) is 16.1 Å². The van der Waals surface area contributed by atoms with E-state index >= 15 is 0 Å². The van der Waals surface area contributed by atoms with Gasteiger partial charge in [-0.25, -0.2) is 4.79 Å². The zero-order valence-electron chi connectivity index (χ0n) is 13.8. The lowest BCUT2D eigenvalue weighted by Gasteiger charge is -2.07. The van der Waals surface area contributed by atoms with Crippen molar-refractivity contribution in [3.63, 3.8) is 0 Å². The first-order valence-corrected chi connectivity index (χ1v) is 7.33. The van der Waals surface area contributed by atoms with Gasteiger partial charge in [0.15, 0.2) is 11.5 Å². The van der Waals surface area contributed by atoms with Crippen LogP contribution in [-0.4, -0.2) is 25.1 Å². The quantitative estimate of drug-likeness (QED) is 0.331. The number of nitro benzene ring substituents is 1. The van der Waals surface area contributed by atoms with Gasteiger partial charge in [-0.1, -0.05) is 6.07 Å². The minimum Gasteiger partial charge on any atom is -0.493 e. The molecular formula is C18H17NO6. The average molecular weight is 343 g/mol. The first-order chi connectivity index (χ1) is 12.0. The zero-order valence-corrected chi connectivity index (χ0v) is 13.8. The topological polar surface area (TPSA) is 87.9 Å². The molecular weight excluding hydrogens is 326 g/mol. The summed E-state index contributed by atoms with van der Waals surface area (Å²) in [6.45, 7) is 0.0348. The van der Waals surface area contributed by atoms with Gasteiger partial charge in [0.05, 0.1) is 19.1 Å². The second-order valence-corrected chi connectivity index (χ2v) is 4.98. The van der Waals surface area contributed by atoms with Gasteiger partial charge in [0, 0.05) is 18.2 Å². The summed E-state index contributed by atoms with van der Waals surface area (Å²) in [5.74, 6) is 0.637. The number of esters is 1. The first kappa shape index (κ1) is 18.0. The van der Waals surface area contributed by atoms with Gasteiger partial charge >= 0.3 is 5.97 Å². The summed E-state index contributed by atoms with van der Waals surface area (Å²) in [5, 5.41) is 10.6. The maximum atomic E-state index is 11.8. The van der Waals surface area contributed by atoms with Gasteiger partial charge in [-0.15, -0.1) is 0 Å². The van der Waals surface area contributed by atoms with E-state index in [1.165, 1.54) is 25.3 Å². The third-order valence-corrected chi connectivity index (χ3v) is 3.35. The van der Waals surface area contributed by atoms with Crippen LogP contribution in [0.2, 0.25) is 0 Å². The predicted molar refractivity (Wildman–Crippen MR) is 91.5 cm³/mol. The van der Waals surface area contributed by atoms with Crippen molar-refractivity contribution in [2.24, 2.45) is 0 Å². The molecule has 0 aromatic heterocycles. The molecule has 0 spiro atoms. The van der Waals surface area contributed by atoms with E-state index in [4.69, 9.17) is 14.2 Å². The SMILES string of the molecule is COc1ccc(C=CC(=O)OCc2ccc([N+](=O)[O-])cc2)cc1OC. The molecule has 0 aliphatic heterocycles. The molecule has 0 aliphatic carbocycles. The predicted octanol–water partition coefficient (Wildman–Crippen LogP) is 3.37. The molecule has 2 rings (SSSR count). The van der Waals surface area contributed by atoms with Crippen molar-refractivity contribution in [3.8, 4) is 11.5 Å². The van der Waals surface area contributed by atoms with Gasteiger partial charge in [-0.3, -0.25) is 10.1 Å². The minimum atomic E-state index is -0.520. The summed E-state index contributed by atoms with van der Waals surface area (Å²) in [6, 6.07) is 11.1. The monoisotopic (exact) mass is 343 g/mol. The maximum absolute atomic E-state index is 11.8. The number of methoxy groups -OCH3 is 2. The molecule has 0 heterocycles. The summed E-state index contributed by atoms with van der Waals surface area (Å²) < 4.78 is 15.4. The van der Waals surface area contributed by atoms with Crippen molar-refractivity contribution < 1.29 is 23.9 Å². The number of nitro groups is 1. The fourth-order valence-electron chi connectivity index (χ4n) is 2.04. The number of non-ortho nitro benzene ring substituents is 1. The second kappa shape index (κ2) is 8.49. The molecule has 0 saturated heterocycles. The van der Waals surface area contributed by atoms with Crippen LogP contribution in [0.4, 0.5) is 5.69 Å². The molecule has 0 N–H and O–H groups in total. The number of ether oxygens (including phenoxy) is 3. The Morgan fingerprint density at radius 2 is 1.76 bits per heavy atom. The van der Waals surface area contributed by atoms with E-state index in [1.54, 1.807) is 43.5 Å². The molecule has 0 atom stereocenters. The minimum absolute atomic E-state index is 0.0107. The molecule has 7 nitrogen and oxygen atoms in total. The molecule has 0 radical (unpaired) electrons. The van der Waals surface area contributed by atoms with Gasteiger partial charge in [0.2, 0.25) is 0 Å². The highest BCUT2D eigenvalue weighted by molar-refractivity contribution is 5.87. The van der Waals surface area contributed by atoms with Crippen LogP contribution >= 0.6 is 0 Å². The van der Waals surface area contributed by atoms with Crippen LogP contribution in [0.1, 0.15) is 11.1 Å². The smallest absolute Gasteiger partial charge is 0.331 e. The van der Waals surface area contributed by atoms with Crippen LogP contribution in [0.3, 0.4) is 0 Å². The summed E-state index contributed by atoms with van der Waals surface area (Å²) in [4.78, 5) is 21.9. The molecule has 0 bridgehead atoms. The number of nitrogens with zero attached hydrogens (tertiary/aromatic N) is 1. The highest BCUT2D eigenvalue weighted by Crippen LogP contribution is 2.27. The summed E-state index contributed by atoms with van der Waals surface area (Å²) in [5.41, 5.74) is 1.41. The normalized spacial score (nSPS) is 10.5. The molecule has 130 valence electrons. The van der Waals surface area contributed by atoms with E-state index in [-0.39, 0.29) is 12.3 Å². The fourth-order valence-corrected chi connectivity index (χ4v) is 2.04. The number of carbonyl (C=O) groups excluding carboxylic acids is 1. The number of hydrogen-bond donors (Lipinski definition) is 0. The Morgan fingerprint density at radius 1 is 1.08 bits per heavy atom. The van der Waals surface area contributed by atoms with Gasteiger partial charge in [0.1, 0.15) is 6.61 Å². The summed E-state index contributed by atoms with van der Waals surface area (Å²) in [7, 11) is 3.08. The van der Waals surface area contributed by atoms with Crippen molar-refractivity contribution in [1.82, 2.24) is 0 Å². The molecule has 7 heteroatoms. The van der Waals surface area contributed by atoms with E-state index in [1.807, 2.05) is 0 Å². The van der Waals surface area contributed by atoms with Gasteiger partial charge in [0.25, 0.3) is 5.69 Å². The Morgan fingerprint density at radius 3 is 2.36 bits per heavy atom. The van der Waals surface area contributed by atoms with Crippen LogP contribution in [0.25, 0.3) is 6.08 Å². The fraction of sp³-hybridized carbons (Fsp3) is 0.167. The molecule has 0 unspecified atom stereocenters. The molecule has 0 saturated carbocycles. The highest BCUT2D eigenvalue weighted by atomic mass is 16.6. The van der Waals surface area contributed by atoms with E-state index in [0.717, 1.165) is 5.56 Å². The molecule has 0 aliphatic rings. The Bertz CT molecular complexity index is 783. The summed E-state index contributed by atoms with van der Waals surface area (Å²) >= 11 is 0. The van der Waals surface area contributed by atoms with Crippen molar-refractivity contribution in [2.45, 2.75) is 6.61 Å². The number of benzene rings is 2. The van der Waals surface area contributed by atoms with Crippen LogP contribution < -0.4 is 9.47 Å². The van der Waals surface area contributed by atoms with Crippen molar-refractivity contribution >= 4 is 17.7 Å². The lowest BCUT2D eigenvalue weighted by molar-refractivity contribution is -0.384. The second-order valence-electron chi connectivity index (χ2n) is 4.98. The molecule has 25 heavy (non-hydrogen) atoms. The first-order valence-electron chi connectivity index (χ1n) is 7.33. The Balaban J connectivity index is 1.93. The van der Waals surface area contributed by atoms with Crippen molar-refractivity contribution in [3.05, 3.63) is 69.8 Å². The number of rotatable bonds is 7. The molecule has 2 aromatic rings. The third-order valence-electron chi connectivity index (χ3n) is 3.35. The van der Waals surface area contributed by atoms with Crippen LogP contribution in [0.15, 0.2) is 48.5 Å². The van der Waals surface area contributed by atoms with E-state index in [9.17, 15) is 14.9 Å². The average Bonchev–Trinajstić information content (AvgIpc) is 2.64. The lowest BCUT2D eigenvalue weighted by atomic mass is 10.2. The van der Waals surface area contributed by atoms with E-state index in [2.05, 4.69) is 0 Å². The van der Waals surface area contributed by atoms with Crippen LogP contribution in [0.5, 0.6) is 11.5 Å². The third kappa shape index (κ3) is 5.07. The maximum Gasteiger partial charge on any atom is 0.331 e. The standard InChI is InChI=1S/C18H17NO6/c1-23-16-9-5-13(11-17(16)24-2)6-10-18(20)25-12-14-3-7-15(8-4-14)19(21)22/h3-11H,12H2,1-2H3. The lowest BCUT2D eigenvalue weighted by Crippen LogP contribution is -2.01. The zero-order chi connectivity index (χ0) is 18.2. The Kier molecular flexibility index (Phi) is 6.11. The molecule has 2 aromatic carbocycles.